The minimum atomic E-state index is -2.58. The first-order valence-electron chi connectivity index (χ1n) is 9.74. The summed E-state index contributed by atoms with van der Waals surface area (Å²) in [4.78, 5) is 25.6. The molecule has 0 bridgehead atoms. The van der Waals surface area contributed by atoms with Crippen molar-refractivity contribution in [3.63, 3.8) is 0 Å². The van der Waals surface area contributed by atoms with Crippen molar-refractivity contribution in [2.24, 2.45) is 0 Å². The lowest BCUT2D eigenvalue weighted by Gasteiger charge is -2.44. The molecule has 132 valence electrons. The molecule has 0 radical (unpaired) electrons. The maximum absolute atomic E-state index is 12.5. The Hall–Kier alpha value is -2.76. The van der Waals surface area contributed by atoms with Gasteiger partial charge < -0.3 is 19.5 Å². The number of aliphatic hydroxyl groups excluding tert-OH is 1. The van der Waals surface area contributed by atoms with Gasteiger partial charge in [-0.25, -0.2) is 4.79 Å². The summed E-state index contributed by atoms with van der Waals surface area (Å²) in [7, 11) is 0. The Bertz CT molecular complexity index is 894. The van der Waals surface area contributed by atoms with Crippen LogP contribution >= 0.6 is 0 Å². The molecule has 2 heterocycles. The zero-order valence-electron chi connectivity index (χ0n) is 17.7. The Morgan fingerprint density at radius 3 is 2.76 bits per heavy atom. The van der Waals surface area contributed by atoms with Crippen LogP contribution in [0.5, 0.6) is 5.75 Å². The molecule has 25 heavy (non-hydrogen) atoms. The van der Waals surface area contributed by atoms with E-state index in [1.807, 2.05) is 0 Å². The molecule has 0 unspecified atom stereocenters. The van der Waals surface area contributed by atoms with Gasteiger partial charge in [0.05, 0.1) is 11.1 Å². The number of piperidine rings is 1. The number of nitrogens with zero attached hydrogens (tertiary/aromatic N) is 1. The zero-order chi connectivity index (χ0) is 21.6. The van der Waals surface area contributed by atoms with E-state index in [9.17, 15) is 14.7 Å². The molecular formula is C19H21NO5. The van der Waals surface area contributed by atoms with Crippen LogP contribution < -0.4 is 4.74 Å². The summed E-state index contributed by atoms with van der Waals surface area (Å²) in [6.45, 7) is 3.22. The quantitative estimate of drug-likeness (QED) is 0.850. The number of benzene rings is 1. The predicted octanol–water partition coefficient (Wildman–Crippen LogP) is 3.09. The second-order valence-corrected chi connectivity index (χ2v) is 5.63. The number of carbonyl (C=O) groups is 2. The fourth-order valence-corrected chi connectivity index (χ4v) is 2.81. The van der Waals surface area contributed by atoms with Crippen molar-refractivity contribution in [1.82, 2.24) is 4.90 Å². The summed E-state index contributed by atoms with van der Waals surface area (Å²) < 4.78 is 45.2. The minimum Gasteiger partial charge on any atom is -0.507 e. The Labute approximate surface area is 152 Å². The Kier molecular flexibility index (Phi) is 3.33. The van der Waals surface area contributed by atoms with Crippen LogP contribution in [0.4, 0.5) is 4.79 Å². The molecule has 6 nitrogen and oxygen atoms in total. The number of likely N-dealkylation sites (tertiary alicyclic amines) is 1. The number of amides is 1. The van der Waals surface area contributed by atoms with Crippen molar-refractivity contribution in [3.8, 4) is 5.75 Å². The highest BCUT2D eigenvalue weighted by atomic mass is 16.6. The number of fused-ring (bicyclic) bond motifs is 1. The van der Waals surface area contributed by atoms with E-state index in [1.165, 1.54) is 18.2 Å². The fraction of sp³-hybridized carbons (Fsp3) is 0.368. The molecule has 0 aromatic heterocycles. The second-order valence-electron chi connectivity index (χ2n) is 5.63. The summed E-state index contributed by atoms with van der Waals surface area (Å²) >= 11 is 0. The maximum atomic E-state index is 12.5. The normalized spacial score (nSPS) is 24.8. The highest BCUT2D eigenvalue weighted by Gasteiger charge is 2.48. The van der Waals surface area contributed by atoms with Gasteiger partial charge in [-0.1, -0.05) is 24.8 Å². The first-order chi connectivity index (χ1) is 13.5. The highest BCUT2D eigenvalue weighted by molar-refractivity contribution is 6.03. The standard InChI is InChI=1S/C19H21NO5/c1-3-12-24-18(23)20-10-8-19(9-11-20)16(13(2)21)17(22)14-6-4-5-7-15(14)25-19/h3-7,22H,1,8-12H2,2H3/i8D2,9D2. The first kappa shape index (κ1) is 12.6. The molecule has 6 heteroatoms. The number of aliphatic hydroxyl groups is 1. The van der Waals surface area contributed by atoms with Crippen LogP contribution in [0.1, 0.15) is 30.7 Å². The number of carbonyl (C=O) groups excluding carboxylic acids is 2. The molecule has 1 amide bonds. The number of hydrogen-bond acceptors (Lipinski definition) is 5. The molecule has 3 rings (SSSR count). The SMILES string of the molecule is [2H]C1([2H])CN(C(=O)OCC=C)CC([2H])([2H])C12Oc1ccccc1C(O)=C2C(C)=O. The van der Waals surface area contributed by atoms with E-state index >= 15 is 0 Å². The Balaban J connectivity index is 2.17. The Morgan fingerprint density at radius 2 is 2.12 bits per heavy atom. The summed E-state index contributed by atoms with van der Waals surface area (Å²) in [6.07, 6.45) is -4.74. The number of ketones is 1. The van der Waals surface area contributed by atoms with Crippen LogP contribution in [0.15, 0.2) is 42.5 Å². The van der Waals surface area contributed by atoms with Gasteiger partial charge in [-0.2, -0.15) is 0 Å². The average Bonchev–Trinajstić information content (AvgIpc) is 2.63. The third kappa shape index (κ3) is 2.99. The van der Waals surface area contributed by atoms with Crippen LogP contribution in [0.3, 0.4) is 0 Å². The number of para-hydroxylation sites is 1. The van der Waals surface area contributed by atoms with Crippen LogP contribution in [0, 0.1) is 0 Å². The topological polar surface area (TPSA) is 76.1 Å². The first-order valence-corrected chi connectivity index (χ1v) is 7.74. The zero-order valence-corrected chi connectivity index (χ0v) is 13.7. The molecule has 1 spiro atoms. The smallest absolute Gasteiger partial charge is 0.410 e. The van der Waals surface area contributed by atoms with Crippen LogP contribution in [-0.2, 0) is 9.53 Å². The molecule has 2 aliphatic rings. The van der Waals surface area contributed by atoms with E-state index in [1.54, 1.807) is 12.1 Å². The highest BCUT2D eigenvalue weighted by Crippen LogP contribution is 2.45. The number of hydrogen-bond donors (Lipinski definition) is 1. The number of rotatable bonds is 3. The lowest BCUT2D eigenvalue weighted by atomic mass is 9.78. The molecule has 0 atom stereocenters. The van der Waals surface area contributed by atoms with E-state index in [0.29, 0.717) is 0 Å². The number of ether oxygens (including phenoxy) is 2. The third-order valence-electron chi connectivity index (χ3n) is 3.97. The van der Waals surface area contributed by atoms with Gasteiger partial charge in [0.2, 0.25) is 0 Å². The van der Waals surface area contributed by atoms with Crippen LogP contribution in [0.25, 0.3) is 5.76 Å². The monoisotopic (exact) mass is 347 g/mol. The second kappa shape index (κ2) is 6.63. The van der Waals surface area contributed by atoms with Crippen molar-refractivity contribution in [2.75, 3.05) is 19.7 Å². The molecule has 2 aliphatic heterocycles. The van der Waals surface area contributed by atoms with E-state index in [4.69, 9.17) is 15.0 Å². The van der Waals surface area contributed by atoms with E-state index in [-0.39, 0.29) is 17.9 Å². The summed E-state index contributed by atoms with van der Waals surface area (Å²) in [6, 6.07) is 6.15. The van der Waals surface area contributed by atoms with E-state index < -0.39 is 54.6 Å². The van der Waals surface area contributed by atoms with Gasteiger partial charge in [0.15, 0.2) is 5.78 Å². The van der Waals surface area contributed by atoms with Gasteiger partial charge >= 0.3 is 6.09 Å². The van der Waals surface area contributed by atoms with E-state index in [0.717, 1.165) is 11.8 Å². The third-order valence-corrected chi connectivity index (χ3v) is 3.97. The summed E-state index contributed by atoms with van der Waals surface area (Å²) in [5.41, 5.74) is -2.78. The number of Topliss-reactive ketones (excluding diaryl/α,β-unsaturated/α-hetero) is 1. The van der Waals surface area contributed by atoms with Gasteiger partial charge in [-0.05, 0) is 19.1 Å². The summed E-state index contributed by atoms with van der Waals surface area (Å²) in [5.74, 6) is -1.22. The van der Waals surface area contributed by atoms with Gasteiger partial charge in [-0.3, -0.25) is 4.79 Å². The molecule has 1 aromatic rings. The Morgan fingerprint density at radius 1 is 1.44 bits per heavy atom. The van der Waals surface area contributed by atoms with Gasteiger partial charge in [0, 0.05) is 31.3 Å². The minimum absolute atomic E-state index is 0.0467. The molecule has 1 saturated heterocycles. The van der Waals surface area contributed by atoms with E-state index in [2.05, 4.69) is 6.58 Å². The van der Waals surface area contributed by atoms with Crippen LogP contribution in [0.2, 0.25) is 0 Å². The average molecular weight is 347 g/mol. The summed E-state index contributed by atoms with van der Waals surface area (Å²) in [5, 5.41) is 10.8. The van der Waals surface area contributed by atoms with Crippen molar-refractivity contribution < 1.29 is 29.7 Å². The molecule has 1 fully saturated rings. The van der Waals surface area contributed by atoms with Gasteiger partial charge in [-0.15, -0.1) is 0 Å². The molecule has 0 saturated carbocycles. The molecular weight excluding hydrogens is 322 g/mol. The van der Waals surface area contributed by atoms with Crippen molar-refractivity contribution >= 4 is 17.6 Å². The molecule has 1 aromatic carbocycles. The fourth-order valence-electron chi connectivity index (χ4n) is 2.81. The van der Waals surface area contributed by atoms with Crippen molar-refractivity contribution in [3.05, 3.63) is 48.1 Å². The van der Waals surface area contributed by atoms with Crippen molar-refractivity contribution in [2.45, 2.75) is 25.3 Å². The van der Waals surface area contributed by atoms with Gasteiger partial charge in [0.25, 0.3) is 0 Å². The maximum Gasteiger partial charge on any atom is 0.410 e. The predicted molar refractivity (Wildman–Crippen MR) is 92.4 cm³/mol. The van der Waals surface area contributed by atoms with Gasteiger partial charge in [0.1, 0.15) is 23.7 Å². The largest absolute Gasteiger partial charge is 0.507 e. The lowest BCUT2D eigenvalue weighted by Crippen LogP contribution is -2.53. The molecule has 1 N–H and O–H groups in total. The molecule has 0 aliphatic carbocycles. The van der Waals surface area contributed by atoms with Crippen LogP contribution in [-0.4, -0.2) is 47.2 Å². The van der Waals surface area contributed by atoms with Crippen molar-refractivity contribution in [1.29, 1.82) is 0 Å². The lowest BCUT2D eigenvalue weighted by molar-refractivity contribution is -0.116.